The molecular formula is C16H30N2O. The fourth-order valence-electron chi connectivity index (χ4n) is 3.35. The van der Waals surface area contributed by atoms with Crippen LogP contribution in [0.2, 0.25) is 0 Å². The van der Waals surface area contributed by atoms with E-state index in [9.17, 15) is 4.79 Å². The van der Waals surface area contributed by atoms with Crippen molar-refractivity contribution < 1.29 is 4.79 Å². The zero-order valence-electron chi connectivity index (χ0n) is 12.5. The monoisotopic (exact) mass is 266 g/mol. The van der Waals surface area contributed by atoms with Crippen molar-refractivity contribution in [3.63, 3.8) is 0 Å². The van der Waals surface area contributed by atoms with Gasteiger partial charge in [0, 0.05) is 13.1 Å². The molecule has 0 unspecified atom stereocenters. The number of carbonyl (C=O) groups is 1. The molecule has 0 spiro atoms. The molecule has 19 heavy (non-hydrogen) atoms. The van der Waals surface area contributed by atoms with Gasteiger partial charge in [-0.15, -0.1) is 0 Å². The summed E-state index contributed by atoms with van der Waals surface area (Å²) in [4.78, 5) is 14.2. The van der Waals surface area contributed by atoms with Crippen molar-refractivity contribution in [2.75, 3.05) is 26.2 Å². The van der Waals surface area contributed by atoms with Gasteiger partial charge in [-0.2, -0.15) is 0 Å². The van der Waals surface area contributed by atoms with Gasteiger partial charge in [-0.1, -0.05) is 32.6 Å². The lowest BCUT2D eigenvalue weighted by Crippen LogP contribution is -2.40. The quantitative estimate of drug-likeness (QED) is 0.848. The largest absolute Gasteiger partial charge is 0.342 e. The molecule has 2 rings (SSSR count). The second kappa shape index (κ2) is 7.88. The number of nitrogens with one attached hydrogen (secondary N) is 1. The van der Waals surface area contributed by atoms with Gasteiger partial charge in [0.15, 0.2) is 0 Å². The van der Waals surface area contributed by atoms with Gasteiger partial charge in [-0.05, 0) is 44.1 Å². The van der Waals surface area contributed by atoms with Gasteiger partial charge in [-0.3, -0.25) is 4.79 Å². The third-order valence-electron chi connectivity index (χ3n) is 4.80. The average Bonchev–Trinajstić information content (AvgIpc) is 2.70. The molecule has 0 aromatic carbocycles. The highest BCUT2D eigenvalue weighted by Crippen LogP contribution is 2.27. The highest BCUT2D eigenvalue weighted by atomic mass is 16.2. The first-order valence-corrected chi connectivity index (χ1v) is 8.24. The van der Waals surface area contributed by atoms with Crippen LogP contribution in [0.1, 0.15) is 58.3 Å². The average molecular weight is 266 g/mol. The number of rotatable bonds is 4. The summed E-state index contributed by atoms with van der Waals surface area (Å²) in [6.07, 6.45) is 10.4. The Hall–Kier alpha value is -0.570. The molecule has 2 aliphatic rings. The first kappa shape index (κ1) is 14.8. The Morgan fingerprint density at radius 3 is 2.32 bits per heavy atom. The molecule has 3 nitrogen and oxygen atoms in total. The van der Waals surface area contributed by atoms with Crippen LogP contribution in [-0.2, 0) is 4.79 Å². The molecule has 0 aromatic heterocycles. The molecule has 0 aromatic rings. The Bertz CT molecular complexity index is 264. The highest BCUT2D eigenvalue weighted by molar-refractivity contribution is 5.78. The van der Waals surface area contributed by atoms with Gasteiger partial charge >= 0.3 is 0 Å². The molecule has 2 fully saturated rings. The van der Waals surface area contributed by atoms with E-state index in [1.165, 1.54) is 51.4 Å². The summed E-state index contributed by atoms with van der Waals surface area (Å²) in [6.45, 7) is 5.88. The first-order valence-electron chi connectivity index (χ1n) is 8.24. The van der Waals surface area contributed by atoms with E-state index >= 15 is 0 Å². The first-order chi connectivity index (χ1) is 9.25. The summed E-state index contributed by atoms with van der Waals surface area (Å²) >= 11 is 0. The number of amides is 1. The number of hydrogen-bond donors (Lipinski definition) is 1. The van der Waals surface area contributed by atoms with Crippen molar-refractivity contribution in [2.45, 2.75) is 58.3 Å². The second-order valence-corrected chi connectivity index (χ2v) is 6.55. The molecule has 1 aliphatic carbocycles. The van der Waals surface area contributed by atoms with Crippen LogP contribution in [-0.4, -0.2) is 37.0 Å². The molecule has 1 amide bonds. The van der Waals surface area contributed by atoms with Crippen LogP contribution in [0.15, 0.2) is 0 Å². The molecule has 1 heterocycles. The minimum Gasteiger partial charge on any atom is -0.342 e. The minimum atomic E-state index is 0.311. The van der Waals surface area contributed by atoms with Crippen LogP contribution in [0.5, 0.6) is 0 Å². The van der Waals surface area contributed by atoms with E-state index in [4.69, 9.17) is 0 Å². The molecule has 1 N–H and O–H groups in total. The van der Waals surface area contributed by atoms with Crippen LogP contribution in [0.25, 0.3) is 0 Å². The number of likely N-dealkylation sites (tertiary alicyclic amines) is 1. The molecule has 3 heteroatoms. The van der Waals surface area contributed by atoms with Gasteiger partial charge in [0.25, 0.3) is 0 Å². The van der Waals surface area contributed by atoms with Gasteiger partial charge in [-0.25, -0.2) is 0 Å². The van der Waals surface area contributed by atoms with Crippen LogP contribution >= 0.6 is 0 Å². The number of nitrogens with zero attached hydrogens (tertiary/aromatic N) is 1. The molecule has 0 atom stereocenters. The van der Waals surface area contributed by atoms with Crippen LogP contribution < -0.4 is 5.32 Å². The molecular weight excluding hydrogens is 236 g/mol. The zero-order chi connectivity index (χ0) is 13.5. The van der Waals surface area contributed by atoms with Gasteiger partial charge in [0.05, 0.1) is 6.54 Å². The molecule has 0 radical (unpaired) electrons. The van der Waals surface area contributed by atoms with E-state index in [0.29, 0.717) is 12.5 Å². The molecule has 1 saturated carbocycles. The Morgan fingerprint density at radius 1 is 1.05 bits per heavy atom. The van der Waals surface area contributed by atoms with Crippen molar-refractivity contribution in [3.05, 3.63) is 0 Å². The minimum absolute atomic E-state index is 0.311. The topological polar surface area (TPSA) is 32.3 Å². The predicted octanol–water partition coefficient (Wildman–Crippen LogP) is 2.80. The highest BCUT2D eigenvalue weighted by Gasteiger charge is 2.19. The number of carbonyl (C=O) groups excluding carboxylic acids is 1. The molecule has 1 aliphatic heterocycles. The maximum Gasteiger partial charge on any atom is 0.236 e. The van der Waals surface area contributed by atoms with E-state index in [1.54, 1.807) is 0 Å². The lowest BCUT2D eigenvalue weighted by atomic mass is 9.83. The van der Waals surface area contributed by atoms with Crippen LogP contribution in [0.4, 0.5) is 0 Å². The van der Waals surface area contributed by atoms with E-state index in [-0.39, 0.29) is 0 Å². The van der Waals surface area contributed by atoms with Crippen molar-refractivity contribution in [2.24, 2.45) is 11.8 Å². The van der Waals surface area contributed by atoms with Crippen LogP contribution in [0, 0.1) is 11.8 Å². The van der Waals surface area contributed by atoms with Crippen LogP contribution in [0.3, 0.4) is 0 Å². The Labute approximate surface area is 118 Å². The van der Waals surface area contributed by atoms with E-state index in [0.717, 1.165) is 31.5 Å². The summed E-state index contributed by atoms with van der Waals surface area (Å²) < 4.78 is 0. The van der Waals surface area contributed by atoms with Crippen molar-refractivity contribution in [1.29, 1.82) is 0 Å². The fraction of sp³-hybridized carbons (Fsp3) is 0.938. The smallest absolute Gasteiger partial charge is 0.236 e. The summed E-state index contributed by atoms with van der Waals surface area (Å²) in [7, 11) is 0. The van der Waals surface area contributed by atoms with E-state index < -0.39 is 0 Å². The van der Waals surface area contributed by atoms with E-state index in [1.807, 2.05) is 0 Å². The van der Waals surface area contributed by atoms with Gasteiger partial charge in [0.2, 0.25) is 5.91 Å². The van der Waals surface area contributed by atoms with Crippen molar-refractivity contribution in [1.82, 2.24) is 10.2 Å². The Morgan fingerprint density at radius 2 is 1.68 bits per heavy atom. The third kappa shape index (κ3) is 5.13. The second-order valence-electron chi connectivity index (χ2n) is 6.55. The van der Waals surface area contributed by atoms with E-state index in [2.05, 4.69) is 17.1 Å². The predicted molar refractivity (Wildman–Crippen MR) is 79.0 cm³/mol. The third-order valence-corrected chi connectivity index (χ3v) is 4.80. The Balaban J connectivity index is 1.60. The SMILES string of the molecule is CC1CCC(CNCC(=O)N2CCCCCC2)CC1. The lowest BCUT2D eigenvalue weighted by molar-refractivity contribution is -0.130. The standard InChI is InChI=1S/C16H30N2O/c1-14-6-8-15(9-7-14)12-17-13-16(19)18-10-4-2-3-5-11-18/h14-15,17H,2-13H2,1H3. The number of hydrogen-bond acceptors (Lipinski definition) is 2. The summed E-state index contributed by atoms with van der Waals surface area (Å²) in [5.41, 5.74) is 0. The van der Waals surface area contributed by atoms with Gasteiger partial charge in [0.1, 0.15) is 0 Å². The molecule has 0 bridgehead atoms. The summed E-state index contributed by atoms with van der Waals surface area (Å²) in [5, 5.41) is 3.40. The zero-order valence-corrected chi connectivity index (χ0v) is 12.5. The Kier molecular flexibility index (Phi) is 6.15. The fourth-order valence-corrected chi connectivity index (χ4v) is 3.35. The molecule has 1 saturated heterocycles. The maximum absolute atomic E-state index is 12.1. The summed E-state index contributed by atoms with van der Waals surface area (Å²) in [5.74, 6) is 2.02. The van der Waals surface area contributed by atoms with Gasteiger partial charge < -0.3 is 10.2 Å². The maximum atomic E-state index is 12.1. The normalized spacial score (nSPS) is 29.0. The molecule has 110 valence electrons. The summed E-state index contributed by atoms with van der Waals surface area (Å²) in [6, 6.07) is 0. The van der Waals surface area contributed by atoms with Crippen molar-refractivity contribution >= 4 is 5.91 Å². The lowest BCUT2D eigenvalue weighted by Gasteiger charge is -2.27. The van der Waals surface area contributed by atoms with Crippen molar-refractivity contribution in [3.8, 4) is 0 Å².